The fourth-order valence-corrected chi connectivity index (χ4v) is 6.05. The molecule has 0 spiro atoms. The van der Waals surface area contributed by atoms with Crippen LogP contribution in [0.3, 0.4) is 0 Å². The van der Waals surface area contributed by atoms with Crippen molar-refractivity contribution < 1.29 is 25.2 Å². The Morgan fingerprint density at radius 3 is 1.33 bits per heavy atom. The van der Waals surface area contributed by atoms with Crippen LogP contribution in [0.5, 0.6) is 0 Å². The van der Waals surface area contributed by atoms with Crippen LogP contribution in [0, 0.1) is 0 Å². The van der Waals surface area contributed by atoms with Crippen LogP contribution in [-0.4, -0.2) is 57.3 Å². The van der Waals surface area contributed by atoms with Crippen molar-refractivity contribution in [3.63, 3.8) is 0 Å². The van der Waals surface area contributed by atoms with Crippen LogP contribution in [0.15, 0.2) is 12.2 Å². The van der Waals surface area contributed by atoms with E-state index < -0.39 is 36.9 Å². The summed E-state index contributed by atoms with van der Waals surface area (Å²) < 4.78 is 0. The lowest BCUT2D eigenvalue weighted by Gasteiger charge is -2.27. The summed E-state index contributed by atoms with van der Waals surface area (Å²) >= 11 is 0. The summed E-state index contributed by atoms with van der Waals surface area (Å²) in [6.07, 6.45) is 35.2. The first-order chi connectivity index (χ1) is 22.0. The van der Waals surface area contributed by atoms with Crippen molar-refractivity contribution in [2.75, 3.05) is 6.61 Å². The van der Waals surface area contributed by atoms with Crippen molar-refractivity contribution in [2.45, 2.75) is 224 Å². The fourth-order valence-electron chi connectivity index (χ4n) is 6.05. The molecule has 4 unspecified atom stereocenters. The molecule has 0 saturated carbocycles. The molecule has 268 valence electrons. The lowest BCUT2D eigenvalue weighted by atomic mass is 10.00. The Morgan fingerprint density at radius 2 is 0.911 bits per heavy atom. The van der Waals surface area contributed by atoms with Crippen molar-refractivity contribution in [2.24, 2.45) is 0 Å². The molecule has 0 aromatic heterocycles. The van der Waals surface area contributed by atoms with E-state index in [1.165, 1.54) is 135 Å². The second kappa shape index (κ2) is 34.4. The minimum absolute atomic E-state index is 0.368. The third-order valence-corrected chi connectivity index (χ3v) is 9.23. The summed E-state index contributed by atoms with van der Waals surface area (Å²) in [4.78, 5) is 12.4. The van der Waals surface area contributed by atoms with E-state index in [0.29, 0.717) is 12.8 Å². The smallest absolute Gasteiger partial charge is 0.249 e. The van der Waals surface area contributed by atoms with E-state index in [1.807, 2.05) is 0 Å². The number of aliphatic hydroxyl groups excluding tert-OH is 4. The zero-order valence-electron chi connectivity index (χ0n) is 29.9. The average molecular weight is 640 g/mol. The zero-order valence-corrected chi connectivity index (χ0v) is 29.9. The quantitative estimate of drug-likeness (QED) is 0.0350. The molecule has 6 heteroatoms. The maximum absolute atomic E-state index is 12.4. The number of carbonyl (C=O) groups excluding carboxylic acids is 1. The lowest BCUT2D eigenvalue weighted by molar-refractivity contribution is -0.132. The fraction of sp³-hybridized carbons (Fsp3) is 0.923. The molecule has 0 aromatic rings. The van der Waals surface area contributed by atoms with Crippen molar-refractivity contribution in [3.8, 4) is 0 Å². The van der Waals surface area contributed by atoms with Crippen molar-refractivity contribution >= 4 is 5.91 Å². The van der Waals surface area contributed by atoms with Gasteiger partial charge in [0.15, 0.2) is 0 Å². The van der Waals surface area contributed by atoms with Crippen LogP contribution in [0.1, 0.15) is 200 Å². The zero-order chi connectivity index (χ0) is 33.2. The number of amides is 1. The van der Waals surface area contributed by atoms with E-state index in [1.54, 1.807) is 0 Å². The molecule has 0 rings (SSSR count). The van der Waals surface area contributed by atoms with Gasteiger partial charge in [-0.3, -0.25) is 4.79 Å². The predicted octanol–water partition coefficient (Wildman–Crippen LogP) is 9.46. The summed E-state index contributed by atoms with van der Waals surface area (Å²) in [6.45, 7) is 4.01. The maximum Gasteiger partial charge on any atom is 0.249 e. The molecule has 0 radical (unpaired) electrons. The molecule has 4 atom stereocenters. The number of hydrogen-bond donors (Lipinski definition) is 5. The number of unbranched alkanes of at least 4 members (excludes halogenated alkanes) is 24. The Labute approximate surface area is 279 Å². The van der Waals surface area contributed by atoms with Gasteiger partial charge in [0, 0.05) is 0 Å². The van der Waals surface area contributed by atoms with Gasteiger partial charge in [0.25, 0.3) is 0 Å². The van der Waals surface area contributed by atoms with Crippen molar-refractivity contribution in [3.05, 3.63) is 12.2 Å². The minimum Gasteiger partial charge on any atom is -0.394 e. The van der Waals surface area contributed by atoms with E-state index in [4.69, 9.17) is 0 Å². The molecule has 0 aliphatic carbocycles. The number of allylic oxidation sites excluding steroid dienone is 2. The van der Waals surface area contributed by atoms with Gasteiger partial charge in [-0.15, -0.1) is 0 Å². The van der Waals surface area contributed by atoms with Gasteiger partial charge in [0.1, 0.15) is 12.2 Å². The van der Waals surface area contributed by atoms with Crippen molar-refractivity contribution in [1.82, 2.24) is 5.32 Å². The number of hydrogen-bond acceptors (Lipinski definition) is 5. The van der Waals surface area contributed by atoms with Gasteiger partial charge in [-0.2, -0.15) is 0 Å². The Hall–Kier alpha value is -0.950. The molecule has 0 saturated heterocycles. The maximum atomic E-state index is 12.4. The molecule has 0 aliphatic heterocycles. The van der Waals surface area contributed by atoms with Gasteiger partial charge in [-0.05, 0) is 38.5 Å². The normalized spacial score (nSPS) is 14.5. The van der Waals surface area contributed by atoms with Crippen molar-refractivity contribution in [1.29, 1.82) is 0 Å². The number of rotatable bonds is 35. The number of nitrogens with one attached hydrogen (secondary N) is 1. The minimum atomic E-state index is -1.27. The predicted molar refractivity (Wildman–Crippen MR) is 191 cm³/mol. The Morgan fingerprint density at radius 1 is 0.533 bits per heavy atom. The van der Waals surface area contributed by atoms with E-state index in [2.05, 4.69) is 31.3 Å². The Bertz CT molecular complexity index is 643. The molecular formula is C39H77NO5. The van der Waals surface area contributed by atoms with Gasteiger partial charge in [-0.25, -0.2) is 0 Å². The van der Waals surface area contributed by atoms with Crippen LogP contribution in [0.25, 0.3) is 0 Å². The second-order valence-corrected chi connectivity index (χ2v) is 13.6. The summed E-state index contributed by atoms with van der Waals surface area (Å²) in [5.41, 5.74) is 0. The van der Waals surface area contributed by atoms with Crippen LogP contribution < -0.4 is 5.32 Å². The highest BCUT2D eigenvalue weighted by Crippen LogP contribution is 2.16. The van der Waals surface area contributed by atoms with Gasteiger partial charge >= 0.3 is 0 Å². The molecule has 45 heavy (non-hydrogen) atoms. The largest absolute Gasteiger partial charge is 0.394 e. The first kappa shape index (κ1) is 44.0. The third-order valence-electron chi connectivity index (χ3n) is 9.23. The number of carbonyl (C=O) groups is 1. The highest BCUT2D eigenvalue weighted by molar-refractivity contribution is 5.80. The van der Waals surface area contributed by atoms with Gasteiger partial charge in [0.2, 0.25) is 5.91 Å². The summed E-state index contributed by atoms with van der Waals surface area (Å²) in [5.74, 6) is -0.593. The van der Waals surface area contributed by atoms with Crippen LogP contribution in [0.4, 0.5) is 0 Å². The second-order valence-electron chi connectivity index (χ2n) is 13.6. The van der Waals surface area contributed by atoms with E-state index in [0.717, 1.165) is 38.5 Å². The topological polar surface area (TPSA) is 110 Å². The highest BCUT2D eigenvalue weighted by atomic mass is 16.3. The Balaban J connectivity index is 3.77. The molecular weight excluding hydrogens is 562 g/mol. The standard InChI is InChI=1S/C39H77NO5/c1-3-5-7-9-11-13-15-16-17-18-19-20-21-23-25-27-29-31-33-37(43)39(45)40-35(34-41)38(44)36(42)32-30-28-26-24-22-14-12-10-8-6-4-2/h24,26,35-38,41-44H,3-23,25,27-34H2,1-2H3,(H,40,45)/b26-24+. The monoisotopic (exact) mass is 640 g/mol. The van der Waals surface area contributed by atoms with Gasteiger partial charge in [-0.1, -0.05) is 174 Å². The third kappa shape index (κ3) is 29.0. The van der Waals surface area contributed by atoms with Gasteiger partial charge < -0.3 is 25.7 Å². The van der Waals surface area contributed by atoms with Gasteiger partial charge in [0.05, 0.1) is 18.8 Å². The summed E-state index contributed by atoms with van der Waals surface area (Å²) in [6, 6.07) is -0.995. The molecule has 1 amide bonds. The summed E-state index contributed by atoms with van der Waals surface area (Å²) in [7, 11) is 0. The molecule has 0 fully saturated rings. The van der Waals surface area contributed by atoms with Crippen LogP contribution in [-0.2, 0) is 4.79 Å². The molecule has 0 aliphatic rings. The first-order valence-corrected chi connectivity index (χ1v) is 19.6. The molecule has 6 nitrogen and oxygen atoms in total. The average Bonchev–Trinajstić information content (AvgIpc) is 3.04. The molecule has 0 bridgehead atoms. The molecule has 0 aromatic carbocycles. The molecule has 0 heterocycles. The Kier molecular flexibility index (Phi) is 33.7. The van der Waals surface area contributed by atoms with E-state index in [-0.39, 0.29) is 0 Å². The van der Waals surface area contributed by atoms with Crippen LogP contribution in [0.2, 0.25) is 0 Å². The highest BCUT2D eigenvalue weighted by Gasteiger charge is 2.28. The first-order valence-electron chi connectivity index (χ1n) is 19.6. The SMILES string of the molecule is CCCCCCCC/C=C/CCCC(O)C(O)C(CO)NC(=O)C(O)CCCCCCCCCCCCCCCCCCCC. The van der Waals surface area contributed by atoms with E-state index >= 15 is 0 Å². The summed E-state index contributed by atoms with van der Waals surface area (Å²) in [5, 5.41) is 43.4. The van der Waals surface area contributed by atoms with E-state index in [9.17, 15) is 25.2 Å². The van der Waals surface area contributed by atoms with Crippen LogP contribution >= 0.6 is 0 Å². The number of aliphatic hydroxyl groups is 4. The molecule has 5 N–H and O–H groups in total. The lowest BCUT2D eigenvalue weighted by Crippen LogP contribution is -2.53.